The Morgan fingerprint density at radius 2 is 2.05 bits per heavy atom. The van der Waals surface area contributed by atoms with Crippen LogP contribution in [0.1, 0.15) is 37.3 Å². The van der Waals surface area contributed by atoms with Crippen molar-refractivity contribution in [1.82, 2.24) is 9.80 Å². The largest absolute Gasteiger partial charge is 0.341 e. The van der Waals surface area contributed by atoms with Crippen LogP contribution in [0.15, 0.2) is 24.3 Å². The van der Waals surface area contributed by atoms with Crippen LogP contribution in [0.4, 0.5) is 0 Å². The summed E-state index contributed by atoms with van der Waals surface area (Å²) in [5.41, 5.74) is 2.45. The molecule has 0 aliphatic carbocycles. The van der Waals surface area contributed by atoms with E-state index in [0.29, 0.717) is 13.0 Å². The summed E-state index contributed by atoms with van der Waals surface area (Å²) in [6.45, 7) is 8.29. The fourth-order valence-electron chi connectivity index (χ4n) is 2.99. The molecular formula is C18H28N2O. The monoisotopic (exact) mass is 288 g/mol. The molecule has 3 nitrogen and oxygen atoms in total. The van der Waals surface area contributed by atoms with Gasteiger partial charge in [-0.05, 0) is 37.8 Å². The van der Waals surface area contributed by atoms with Crippen molar-refractivity contribution in [3.63, 3.8) is 0 Å². The molecule has 116 valence electrons. The molecule has 0 aromatic heterocycles. The number of hydrogen-bond acceptors (Lipinski definition) is 2. The fraction of sp³-hybridized carbons (Fsp3) is 0.611. The molecule has 1 aliphatic heterocycles. The molecule has 2 rings (SSSR count). The highest BCUT2D eigenvalue weighted by Gasteiger charge is 2.17. The molecule has 0 N–H and O–H groups in total. The molecule has 1 saturated heterocycles. The highest BCUT2D eigenvalue weighted by molar-refractivity contribution is 5.76. The first kappa shape index (κ1) is 16.0. The third kappa shape index (κ3) is 5.16. The van der Waals surface area contributed by atoms with Gasteiger partial charge in [-0.25, -0.2) is 0 Å². The molecule has 1 atom stereocenters. The maximum Gasteiger partial charge on any atom is 0.223 e. The second-order valence-corrected chi connectivity index (χ2v) is 6.53. The average Bonchev–Trinajstić information content (AvgIpc) is 2.47. The summed E-state index contributed by atoms with van der Waals surface area (Å²) in [7, 11) is 1.90. The number of carbonyl (C=O) groups is 1. The first-order valence-electron chi connectivity index (χ1n) is 8.06. The molecule has 1 aromatic rings. The summed E-state index contributed by atoms with van der Waals surface area (Å²) in [5, 5.41) is 0. The average molecular weight is 288 g/mol. The molecule has 3 heteroatoms. The second kappa shape index (κ2) is 7.60. The van der Waals surface area contributed by atoms with Crippen molar-refractivity contribution < 1.29 is 4.79 Å². The van der Waals surface area contributed by atoms with E-state index in [9.17, 15) is 4.79 Å². The van der Waals surface area contributed by atoms with E-state index in [-0.39, 0.29) is 5.91 Å². The van der Waals surface area contributed by atoms with E-state index < -0.39 is 0 Å². The highest BCUT2D eigenvalue weighted by atomic mass is 16.2. The topological polar surface area (TPSA) is 23.6 Å². The quantitative estimate of drug-likeness (QED) is 0.831. The Hall–Kier alpha value is -1.35. The minimum Gasteiger partial charge on any atom is -0.341 e. The van der Waals surface area contributed by atoms with Gasteiger partial charge in [-0.1, -0.05) is 36.8 Å². The molecule has 21 heavy (non-hydrogen) atoms. The Kier molecular flexibility index (Phi) is 5.80. The molecular weight excluding hydrogens is 260 g/mol. The summed E-state index contributed by atoms with van der Waals surface area (Å²) >= 11 is 0. The van der Waals surface area contributed by atoms with Crippen LogP contribution in [-0.4, -0.2) is 42.4 Å². The zero-order valence-corrected chi connectivity index (χ0v) is 13.6. The van der Waals surface area contributed by atoms with E-state index in [2.05, 4.69) is 43.0 Å². The maximum absolute atomic E-state index is 12.2. The van der Waals surface area contributed by atoms with Crippen LogP contribution in [0.2, 0.25) is 0 Å². The standard InChI is InChI=1S/C18H28N2O/c1-15-6-8-17(9-7-15)14-19(3)18(21)10-12-20-11-4-5-16(2)13-20/h6-9,16H,4-5,10-14H2,1-3H3/t16-/m0/s1. The zero-order chi connectivity index (χ0) is 15.2. The SMILES string of the molecule is Cc1ccc(CN(C)C(=O)CCN2CCC[C@H](C)C2)cc1. The summed E-state index contributed by atoms with van der Waals surface area (Å²) in [6, 6.07) is 8.41. The van der Waals surface area contributed by atoms with Crippen molar-refractivity contribution in [3.05, 3.63) is 35.4 Å². The van der Waals surface area contributed by atoms with Gasteiger partial charge in [0.25, 0.3) is 0 Å². The summed E-state index contributed by atoms with van der Waals surface area (Å²) < 4.78 is 0. The van der Waals surface area contributed by atoms with Crippen LogP contribution in [0.25, 0.3) is 0 Å². The van der Waals surface area contributed by atoms with Gasteiger partial charge in [0.1, 0.15) is 0 Å². The molecule has 0 radical (unpaired) electrons. The molecule has 0 spiro atoms. The smallest absolute Gasteiger partial charge is 0.223 e. The normalized spacial score (nSPS) is 19.5. The lowest BCUT2D eigenvalue weighted by molar-refractivity contribution is -0.130. The zero-order valence-electron chi connectivity index (χ0n) is 13.6. The minimum absolute atomic E-state index is 0.244. The number of aryl methyl sites for hydroxylation is 1. The van der Waals surface area contributed by atoms with Crippen molar-refractivity contribution in [3.8, 4) is 0 Å². The summed E-state index contributed by atoms with van der Waals surface area (Å²) in [5.74, 6) is 1.02. The lowest BCUT2D eigenvalue weighted by Gasteiger charge is -2.31. The molecule has 1 heterocycles. The Bertz CT molecular complexity index is 455. The van der Waals surface area contributed by atoms with Gasteiger partial charge in [-0.2, -0.15) is 0 Å². The van der Waals surface area contributed by atoms with Gasteiger partial charge in [-0.15, -0.1) is 0 Å². The minimum atomic E-state index is 0.244. The number of carbonyl (C=O) groups excluding carboxylic acids is 1. The van der Waals surface area contributed by atoms with E-state index in [1.807, 2.05) is 11.9 Å². The Balaban J connectivity index is 1.75. The third-order valence-corrected chi connectivity index (χ3v) is 4.35. The predicted octanol–water partition coefficient (Wildman–Crippen LogP) is 3.08. The molecule has 0 unspecified atom stereocenters. The van der Waals surface area contributed by atoms with E-state index in [4.69, 9.17) is 0 Å². The van der Waals surface area contributed by atoms with Crippen molar-refractivity contribution in [2.75, 3.05) is 26.7 Å². The van der Waals surface area contributed by atoms with E-state index in [1.54, 1.807) is 0 Å². The number of amides is 1. The van der Waals surface area contributed by atoms with Gasteiger partial charge < -0.3 is 9.80 Å². The molecule has 0 bridgehead atoms. The first-order chi connectivity index (χ1) is 10.0. The molecule has 1 amide bonds. The number of benzene rings is 1. The van der Waals surface area contributed by atoms with E-state index >= 15 is 0 Å². The van der Waals surface area contributed by atoms with Crippen LogP contribution in [0.3, 0.4) is 0 Å². The number of likely N-dealkylation sites (tertiary alicyclic amines) is 1. The lowest BCUT2D eigenvalue weighted by Crippen LogP contribution is -2.37. The van der Waals surface area contributed by atoms with Gasteiger partial charge >= 0.3 is 0 Å². The summed E-state index contributed by atoms with van der Waals surface area (Å²) in [6.07, 6.45) is 3.24. The van der Waals surface area contributed by atoms with Crippen molar-refractivity contribution in [2.24, 2.45) is 5.92 Å². The molecule has 0 saturated carbocycles. The number of hydrogen-bond donors (Lipinski definition) is 0. The van der Waals surface area contributed by atoms with E-state index in [0.717, 1.165) is 25.6 Å². The Labute approximate surface area is 128 Å². The van der Waals surface area contributed by atoms with Gasteiger partial charge in [0.15, 0.2) is 0 Å². The molecule has 1 aliphatic rings. The van der Waals surface area contributed by atoms with E-state index in [1.165, 1.54) is 24.0 Å². The van der Waals surface area contributed by atoms with Crippen LogP contribution >= 0.6 is 0 Å². The molecule has 1 fully saturated rings. The lowest BCUT2D eigenvalue weighted by atomic mass is 10.0. The van der Waals surface area contributed by atoms with Crippen LogP contribution in [0, 0.1) is 12.8 Å². The summed E-state index contributed by atoms with van der Waals surface area (Å²) in [4.78, 5) is 16.5. The van der Waals surface area contributed by atoms with Gasteiger partial charge in [-0.3, -0.25) is 4.79 Å². The second-order valence-electron chi connectivity index (χ2n) is 6.53. The number of piperidine rings is 1. The number of rotatable bonds is 5. The van der Waals surface area contributed by atoms with Gasteiger partial charge in [0, 0.05) is 33.1 Å². The van der Waals surface area contributed by atoms with Gasteiger partial charge in [0.2, 0.25) is 5.91 Å². The highest BCUT2D eigenvalue weighted by Crippen LogP contribution is 2.15. The van der Waals surface area contributed by atoms with Crippen molar-refractivity contribution >= 4 is 5.91 Å². The fourth-order valence-corrected chi connectivity index (χ4v) is 2.99. The van der Waals surface area contributed by atoms with Crippen LogP contribution < -0.4 is 0 Å². The van der Waals surface area contributed by atoms with Gasteiger partial charge in [0.05, 0.1) is 0 Å². The first-order valence-corrected chi connectivity index (χ1v) is 8.06. The predicted molar refractivity (Wildman–Crippen MR) is 87.1 cm³/mol. The van der Waals surface area contributed by atoms with Crippen LogP contribution in [0.5, 0.6) is 0 Å². The maximum atomic E-state index is 12.2. The molecule has 1 aromatic carbocycles. The van der Waals surface area contributed by atoms with Crippen molar-refractivity contribution in [1.29, 1.82) is 0 Å². The number of nitrogens with zero attached hydrogens (tertiary/aromatic N) is 2. The third-order valence-electron chi connectivity index (χ3n) is 4.35. The Morgan fingerprint density at radius 3 is 2.71 bits per heavy atom. The Morgan fingerprint density at radius 1 is 1.33 bits per heavy atom. The van der Waals surface area contributed by atoms with Crippen molar-refractivity contribution in [2.45, 2.75) is 39.7 Å². The van der Waals surface area contributed by atoms with Crippen LogP contribution in [-0.2, 0) is 11.3 Å².